The molecular formula is C16H20O6. The van der Waals surface area contributed by atoms with Crippen LogP contribution < -0.4 is 0 Å². The van der Waals surface area contributed by atoms with Gasteiger partial charge in [0.1, 0.15) is 12.7 Å². The van der Waals surface area contributed by atoms with Crippen LogP contribution in [0.2, 0.25) is 0 Å². The van der Waals surface area contributed by atoms with Crippen molar-refractivity contribution in [3.63, 3.8) is 0 Å². The molecule has 2 aliphatic carbocycles. The quantitative estimate of drug-likeness (QED) is 0.432. The molecule has 22 heavy (non-hydrogen) atoms. The molecule has 0 radical (unpaired) electrons. The largest absolute Gasteiger partial charge is 0.465 e. The van der Waals surface area contributed by atoms with Crippen LogP contribution in [0.15, 0.2) is 12.2 Å². The zero-order chi connectivity index (χ0) is 15.9. The van der Waals surface area contributed by atoms with E-state index in [-0.39, 0.29) is 54.7 Å². The van der Waals surface area contributed by atoms with E-state index in [1.165, 1.54) is 0 Å². The maximum atomic E-state index is 11.8. The minimum Gasteiger partial charge on any atom is -0.465 e. The highest BCUT2D eigenvalue weighted by molar-refractivity contribution is 5.87. The second-order valence-corrected chi connectivity index (χ2v) is 6.41. The molecule has 3 aliphatic rings. The third kappa shape index (κ3) is 2.62. The first kappa shape index (κ1) is 15.1. The standard InChI is InChI=1S/C16H20O6/c1-8(2)15(18)20-4-3-13(17)22-12-6-9-5-10(12)11-7-21-16(19)14(9)11/h9-12,14H,1,3-7H2,2H3. The maximum Gasteiger partial charge on any atom is 0.333 e. The Balaban J connectivity index is 1.45. The van der Waals surface area contributed by atoms with Crippen molar-refractivity contribution in [1.29, 1.82) is 0 Å². The van der Waals surface area contributed by atoms with Crippen LogP contribution in [0, 0.1) is 23.7 Å². The van der Waals surface area contributed by atoms with Gasteiger partial charge in [-0.1, -0.05) is 6.58 Å². The molecule has 1 saturated heterocycles. The Morgan fingerprint density at radius 1 is 1.32 bits per heavy atom. The van der Waals surface area contributed by atoms with Gasteiger partial charge in [0.25, 0.3) is 0 Å². The van der Waals surface area contributed by atoms with Gasteiger partial charge in [0, 0.05) is 17.4 Å². The lowest BCUT2D eigenvalue weighted by Crippen LogP contribution is -2.34. The Morgan fingerprint density at radius 2 is 2.09 bits per heavy atom. The molecule has 5 atom stereocenters. The topological polar surface area (TPSA) is 78.9 Å². The Bertz CT molecular complexity index is 525. The fourth-order valence-corrected chi connectivity index (χ4v) is 4.01. The number of carbonyl (C=O) groups is 3. The summed E-state index contributed by atoms with van der Waals surface area (Å²) in [6.45, 7) is 5.47. The second-order valence-electron chi connectivity index (χ2n) is 6.41. The van der Waals surface area contributed by atoms with Crippen LogP contribution in [0.25, 0.3) is 0 Å². The normalized spacial score (nSPS) is 35.0. The van der Waals surface area contributed by atoms with E-state index in [0.717, 1.165) is 12.8 Å². The summed E-state index contributed by atoms with van der Waals surface area (Å²) in [5.74, 6) is -0.241. The monoisotopic (exact) mass is 308 g/mol. The summed E-state index contributed by atoms with van der Waals surface area (Å²) in [7, 11) is 0. The van der Waals surface area contributed by atoms with Crippen molar-refractivity contribution in [2.45, 2.75) is 32.3 Å². The van der Waals surface area contributed by atoms with E-state index in [9.17, 15) is 14.4 Å². The summed E-state index contributed by atoms with van der Waals surface area (Å²) in [5.41, 5.74) is 0.304. The van der Waals surface area contributed by atoms with Crippen molar-refractivity contribution >= 4 is 17.9 Å². The molecule has 2 bridgehead atoms. The SMILES string of the molecule is C=C(C)C(=O)OCCC(=O)OC1CC2CC1C1COC(=O)C21. The van der Waals surface area contributed by atoms with Crippen LogP contribution in [0.1, 0.15) is 26.2 Å². The highest BCUT2D eigenvalue weighted by Gasteiger charge is 2.60. The number of hydrogen-bond acceptors (Lipinski definition) is 6. The van der Waals surface area contributed by atoms with Crippen LogP contribution in [0.3, 0.4) is 0 Å². The fourth-order valence-electron chi connectivity index (χ4n) is 4.01. The third-order valence-electron chi connectivity index (χ3n) is 4.97. The Kier molecular flexibility index (Phi) is 3.93. The van der Waals surface area contributed by atoms with Crippen molar-refractivity contribution < 1.29 is 28.6 Å². The molecule has 0 aromatic carbocycles. The molecule has 0 aromatic rings. The maximum absolute atomic E-state index is 11.8. The lowest BCUT2D eigenvalue weighted by Gasteiger charge is -2.28. The van der Waals surface area contributed by atoms with E-state index in [1.807, 2.05) is 0 Å². The number of carbonyl (C=O) groups excluding carboxylic acids is 3. The molecule has 3 fully saturated rings. The van der Waals surface area contributed by atoms with E-state index in [1.54, 1.807) is 6.92 Å². The summed E-state index contributed by atoms with van der Waals surface area (Å²) < 4.78 is 15.5. The number of ether oxygens (including phenoxy) is 3. The summed E-state index contributed by atoms with van der Waals surface area (Å²) in [6.07, 6.45) is 1.58. The van der Waals surface area contributed by atoms with Gasteiger partial charge in [-0.2, -0.15) is 0 Å². The number of cyclic esters (lactones) is 1. The first-order chi connectivity index (χ1) is 10.5. The van der Waals surface area contributed by atoms with Gasteiger partial charge in [0.05, 0.1) is 18.9 Å². The molecule has 0 aromatic heterocycles. The van der Waals surface area contributed by atoms with Crippen molar-refractivity contribution in [2.75, 3.05) is 13.2 Å². The Morgan fingerprint density at radius 3 is 2.82 bits per heavy atom. The van der Waals surface area contributed by atoms with Crippen LogP contribution in [-0.4, -0.2) is 37.2 Å². The molecule has 1 aliphatic heterocycles. The predicted molar refractivity (Wildman–Crippen MR) is 74.4 cm³/mol. The van der Waals surface area contributed by atoms with E-state index in [2.05, 4.69) is 6.58 Å². The Labute approximate surface area is 128 Å². The van der Waals surface area contributed by atoms with Crippen molar-refractivity contribution in [3.8, 4) is 0 Å². The Hall–Kier alpha value is -1.85. The molecule has 0 amide bonds. The second kappa shape index (κ2) is 5.74. The number of hydrogen-bond donors (Lipinski definition) is 0. The van der Waals surface area contributed by atoms with Crippen LogP contribution in [0.5, 0.6) is 0 Å². The van der Waals surface area contributed by atoms with Gasteiger partial charge in [-0.3, -0.25) is 9.59 Å². The molecule has 6 heteroatoms. The smallest absolute Gasteiger partial charge is 0.333 e. The van der Waals surface area contributed by atoms with E-state index in [4.69, 9.17) is 14.2 Å². The van der Waals surface area contributed by atoms with Gasteiger partial charge < -0.3 is 14.2 Å². The average molecular weight is 308 g/mol. The fraction of sp³-hybridized carbons (Fsp3) is 0.688. The molecule has 2 saturated carbocycles. The van der Waals surface area contributed by atoms with Crippen molar-refractivity contribution in [2.24, 2.45) is 23.7 Å². The first-order valence-corrected chi connectivity index (χ1v) is 7.66. The van der Waals surface area contributed by atoms with E-state index >= 15 is 0 Å². The number of rotatable bonds is 5. The molecule has 0 spiro atoms. The third-order valence-corrected chi connectivity index (χ3v) is 4.97. The number of fused-ring (bicyclic) bond motifs is 5. The van der Waals surface area contributed by atoms with E-state index in [0.29, 0.717) is 12.2 Å². The number of esters is 3. The summed E-state index contributed by atoms with van der Waals surface area (Å²) in [4.78, 5) is 34.7. The first-order valence-electron chi connectivity index (χ1n) is 7.66. The lowest BCUT2D eigenvalue weighted by atomic mass is 9.80. The van der Waals surface area contributed by atoms with Crippen molar-refractivity contribution in [1.82, 2.24) is 0 Å². The average Bonchev–Trinajstić information content (AvgIpc) is 3.11. The summed E-state index contributed by atoms with van der Waals surface area (Å²) in [6, 6.07) is 0. The highest BCUT2D eigenvalue weighted by atomic mass is 16.6. The van der Waals surface area contributed by atoms with Crippen LogP contribution >= 0.6 is 0 Å². The minimum absolute atomic E-state index is 0.000999. The highest BCUT2D eigenvalue weighted by Crippen LogP contribution is 2.56. The summed E-state index contributed by atoms with van der Waals surface area (Å²) >= 11 is 0. The van der Waals surface area contributed by atoms with Crippen LogP contribution in [0.4, 0.5) is 0 Å². The molecule has 1 heterocycles. The van der Waals surface area contributed by atoms with Gasteiger partial charge >= 0.3 is 17.9 Å². The van der Waals surface area contributed by atoms with Gasteiger partial charge in [-0.05, 0) is 25.7 Å². The summed E-state index contributed by atoms with van der Waals surface area (Å²) in [5, 5.41) is 0. The van der Waals surface area contributed by atoms with Gasteiger partial charge in [0.2, 0.25) is 0 Å². The molecule has 6 nitrogen and oxygen atoms in total. The van der Waals surface area contributed by atoms with Gasteiger partial charge in [-0.25, -0.2) is 4.79 Å². The van der Waals surface area contributed by atoms with Crippen molar-refractivity contribution in [3.05, 3.63) is 12.2 Å². The molecule has 0 N–H and O–H groups in total. The van der Waals surface area contributed by atoms with E-state index < -0.39 is 5.97 Å². The lowest BCUT2D eigenvalue weighted by molar-refractivity contribution is -0.155. The predicted octanol–water partition coefficient (Wildman–Crippen LogP) is 1.24. The minimum atomic E-state index is -0.503. The molecule has 120 valence electrons. The zero-order valence-corrected chi connectivity index (χ0v) is 12.6. The van der Waals surface area contributed by atoms with Crippen LogP contribution in [-0.2, 0) is 28.6 Å². The zero-order valence-electron chi connectivity index (χ0n) is 12.6. The molecule has 5 unspecified atom stereocenters. The molecule has 3 rings (SSSR count). The van der Waals surface area contributed by atoms with Gasteiger partial charge in [-0.15, -0.1) is 0 Å². The van der Waals surface area contributed by atoms with Gasteiger partial charge in [0.15, 0.2) is 0 Å². The molecular weight excluding hydrogens is 288 g/mol.